The number of allylic oxidation sites excluding steroid dienone is 3. The number of benzene rings is 1. The van der Waals surface area contributed by atoms with Gasteiger partial charge in [0.05, 0.1) is 0 Å². The minimum Gasteiger partial charge on any atom is -0.0810 e. The Labute approximate surface area is 92.3 Å². The Hall–Kier alpha value is -1.30. The molecule has 0 spiro atoms. The van der Waals surface area contributed by atoms with E-state index in [1.165, 1.54) is 41.5 Å². The fraction of sp³-hybridized carbons (Fsp3) is 0.333. The normalized spacial score (nSPS) is 16.7. The molecule has 0 heterocycles. The van der Waals surface area contributed by atoms with E-state index >= 15 is 0 Å². The molecular weight excluding hydrogens is 180 g/mol. The second-order valence-corrected chi connectivity index (χ2v) is 4.36. The molecular formula is C15H18. The molecule has 0 fully saturated rings. The van der Waals surface area contributed by atoms with Crippen molar-refractivity contribution in [1.29, 1.82) is 0 Å². The number of hydrogen-bond donors (Lipinski definition) is 0. The molecule has 0 N–H and O–H groups in total. The molecule has 15 heavy (non-hydrogen) atoms. The van der Waals surface area contributed by atoms with Gasteiger partial charge in [0.15, 0.2) is 0 Å². The molecule has 1 aromatic rings. The first-order chi connectivity index (χ1) is 7.27. The fourth-order valence-corrected chi connectivity index (χ4v) is 2.13. The van der Waals surface area contributed by atoms with E-state index in [4.69, 9.17) is 0 Å². The summed E-state index contributed by atoms with van der Waals surface area (Å²) in [6.45, 7) is 4.45. The summed E-state index contributed by atoms with van der Waals surface area (Å²) in [5, 5.41) is 0. The van der Waals surface area contributed by atoms with Crippen molar-refractivity contribution in [1.82, 2.24) is 0 Å². The molecule has 0 radical (unpaired) electrons. The number of rotatable bonds is 0. The summed E-state index contributed by atoms with van der Waals surface area (Å²) >= 11 is 0. The Kier molecular flexibility index (Phi) is 3.05. The number of hydrogen-bond acceptors (Lipinski definition) is 0. The summed E-state index contributed by atoms with van der Waals surface area (Å²) in [5.41, 5.74) is 5.66. The molecule has 0 aromatic heterocycles. The van der Waals surface area contributed by atoms with Gasteiger partial charge in [0.1, 0.15) is 0 Å². The molecule has 0 nitrogen and oxygen atoms in total. The molecule has 0 saturated heterocycles. The average Bonchev–Trinajstić information content (AvgIpc) is 2.30. The van der Waals surface area contributed by atoms with E-state index in [0.717, 1.165) is 0 Å². The summed E-state index contributed by atoms with van der Waals surface area (Å²) in [6, 6.07) is 8.67. The minimum absolute atomic E-state index is 1.20. The Balaban J connectivity index is 2.53. The summed E-state index contributed by atoms with van der Waals surface area (Å²) in [6.07, 6.45) is 8.39. The lowest BCUT2D eigenvalue weighted by Crippen LogP contribution is -1.85. The van der Waals surface area contributed by atoms with E-state index in [9.17, 15) is 0 Å². The van der Waals surface area contributed by atoms with Crippen LogP contribution in [0.4, 0.5) is 0 Å². The lowest BCUT2D eigenvalue weighted by atomic mass is 9.99. The van der Waals surface area contributed by atoms with Crippen molar-refractivity contribution in [2.24, 2.45) is 0 Å². The molecule has 0 saturated carbocycles. The van der Waals surface area contributed by atoms with Crippen LogP contribution in [-0.4, -0.2) is 0 Å². The molecule has 1 aliphatic rings. The van der Waals surface area contributed by atoms with Gasteiger partial charge < -0.3 is 0 Å². The fourth-order valence-electron chi connectivity index (χ4n) is 2.13. The van der Waals surface area contributed by atoms with Crippen molar-refractivity contribution in [3.8, 4) is 0 Å². The Bertz CT molecular complexity index is 408. The van der Waals surface area contributed by atoms with Gasteiger partial charge in [-0.05, 0) is 49.8 Å². The van der Waals surface area contributed by atoms with Crippen LogP contribution in [0.5, 0.6) is 0 Å². The molecule has 0 heteroatoms. The van der Waals surface area contributed by atoms with E-state index in [-0.39, 0.29) is 0 Å². The van der Waals surface area contributed by atoms with Gasteiger partial charge in [-0.2, -0.15) is 0 Å². The van der Waals surface area contributed by atoms with Crippen molar-refractivity contribution in [2.45, 2.75) is 33.1 Å². The average molecular weight is 198 g/mol. The zero-order valence-electron chi connectivity index (χ0n) is 9.59. The summed E-state index contributed by atoms with van der Waals surface area (Å²) in [5.74, 6) is 0. The van der Waals surface area contributed by atoms with E-state index in [1.807, 2.05) is 0 Å². The lowest BCUT2D eigenvalue weighted by Gasteiger charge is -2.06. The molecule has 1 aromatic carbocycles. The van der Waals surface area contributed by atoms with Crippen LogP contribution >= 0.6 is 0 Å². The second-order valence-electron chi connectivity index (χ2n) is 4.36. The van der Waals surface area contributed by atoms with Gasteiger partial charge >= 0.3 is 0 Å². The maximum atomic E-state index is 2.37. The van der Waals surface area contributed by atoms with E-state index < -0.39 is 0 Å². The summed E-state index contributed by atoms with van der Waals surface area (Å²) < 4.78 is 0. The van der Waals surface area contributed by atoms with Crippen molar-refractivity contribution >= 4 is 11.6 Å². The van der Waals surface area contributed by atoms with Crippen LogP contribution in [0.3, 0.4) is 0 Å². The van der Waals surface area contributed by atoms with Crippen LogP contribution in [0.1, 0.15) is 44.2 Å². The van der Waals surface area contributed by atoms with Crippen LogP contribution in [0.15, 0.2) is 35.9 Å². The van der Waals surface area contributed by atoms with Gasteiger partial charge in [-0.1, -0.05) is 42.0 Å². The highest BCUT2D eigenvalue weighted by Gasteiger charge is 2.03. The Morgan fingerprint density at radius 2 is 1.87 bits per heavy atom. The summed E-state index contributed by atoms with van der Waals surface area (Å²) in [4.78, 5) is 0. The van der Waals surface area contributed by atoms with Gasteiger partial charge in [0, 0.05) is 0 Å². The maximum Gasteiger partial charge on any atom is -0.0158 e. The third kappa shape index (κ3) is 2.38. The summed E-state index contributed by atoms with van der Waals surface area (Å²) in [7, 11) is 0. The molecule has 0 bridgehead atoms. The lowest BCUT2D eigenvalue weighted by molar-refractivity contribution is 0.838. The monoisotopic (exact) mass is 198 g/mol. The highest BCUT2D eigenvalue weighted by Crippen LogP contribution is 2.25. The topological polar surface area (TPSA) is 0 Å². The van der Waals surface area contributed by atoms with Gasteiger partial charge in [-0.15, -0.1) is 0 Å². The quantitative estimate of drug-likeness (QED) is 0.568. The number of fused-ring (bicyclic) bond motifs is 1. The first-order valence-electron chi connectivity index (χ1n) is 5.71. The molecule has 78 valence electrons. The van der Waals surface area contributed by atoms with Crippen LogP contribution in [0, 0.1) is 0 Å². The molecule has 0 amide bonds. The SMILES string of the molecule is CC1=Cc2ccccc2C(C)=CCCC1. The van der Waals surface area contributed by atoms with Crippen molar-refractivity contribution < 1.29 is 0 Å². The smallest absolute Gasteiger partial charge is 0.0158 e. The van der Waals surface area contributed by atoms with Crippen molar-refractivity contribution in [3.63, 3.8) is 0 Å². The maximum absolute atomic E-state index is 2.37. The van der Waals surface area contributed by atoms with E-state index in [0.29, 0.717) is 0 Å². The van der Waals surface area contributed by atoms with E-state index in [2.05, 4.69) is 50.3 Å². The zero-order valence-corrected chi connectivity index (χ0v) is 9.59. The van der Waals surface area contributed by atoms with Gasteiger partial charge in [0.2, 0.25) is 0 Å². The molecule has 0 atom stereocenters. The van der Waals surface area contributed by atoms with E-state index in [1.54, 1.807) is 0 Å². The zero-order chi connectivity index (χ0) is 10.7. The highest BCUT2D eigenvalue weighted by atomic mass is 14.1. The second kappa shape index (κ2) is 4.48. The van der Waals surface area contributed by atoms with Crippen LogP contribution in [-0.2, 0) is 0 Å². The molecule has 2 rings (SSSR count). The molecule has 0 unspecified atom stereocenters. The van der Waals surface area contributed by atoms with Crippen molar-refractivity contribution in [2.75, 3.05) is 0 Å². The predicted octanol–water partition coefficient (Wildman–Crippen LogP) is 4.68. The largest absolute Gasteiger partial charge is 0.0810 e. The van der Waals surface area contributed by atoms with Gasteiger partial charge in [-0.3, -0.25) is 0 Å². The van der Waals surface area contributed by atoms with Gasteiger partial charge in [-0.25, -0.2) is 0 Å². The molecule has 1 aliphatic carbocycles. The van der Waals surface area contributed by atoms with Crippen LogP contribution in [0.25, 0.3) is 11.6 Å². The Morgan fingerprint density at radius 1 is 1.07 bits per heavy atom. The molecule has 0 aliphatic heterocycles. The predicted molar refractivity (Wildman–Crippen MR) is 67.6 cm³/mol. The third-order valence-electron chi connectivity index (χ3n) is 3.01. The first-order valence-corrected chi connectivity index (χ1v) is 5.71. The van der Waals surface area contributed by atoms with Crippen LogP contribution in [0.2, 0.25) is 0 Å². The van der Waals surface area contributed by atoms with Crippen molar-refractivity contribution in [3.05, 3.63) is 47.0 Å². The minimum atomic E-state index is 1.20. The highest BCUT2D eigenvalue weighted by molar-refractivity contribution is 5.74. The first kappa shape index (κ1) is 10.2. The Morgan fingerprint density at radius 3 is 2.73 bits per heavy atom. The third-order valence-corrected chi connectivity index (χ3v) is 3.01. The van der Waals surface area contributed by atoms with Crippen LogP contribution < -0.4 is 0 Å². The standard InChI is InChI=1S/C15H18/c1-12-7-3-4-8-13(2)15-10-6-5-9-14(15)11-12/h5-6,8-11H,3-4,7H2,1-2H3. The van der Waals surface area contributed by atoms with Gasteiger partial charge in [0.25, 0.3) is 0 Å².